The van der Waals surface area contributed by atoms with Crippen LogP contribution in [0.1, 0.15) is 12.5 Å². The van der Waals surface area contributed by atoms with Crippen LogP contribution < -0.4 is 10.6 Å². The standard InChI is InChI=1S/C14H23N3O/c1-12(11-13-7-5-4-6-8-13)15-9-10-16-14(18)17(2)3/h4-8,12,15H,9-11H2,1-3H3,(H,16,18). The van der Waals surface area contributed by atoms with E-state index in [0.29, 0.717) is 12.6 Å². The lowest BCUT2D eigenvalue weighted by molar-refractivity contribution is 0.217. The van der Waals surface area contributed by atoms with Gasteiger partial charge in [0.15, 0.2) is 0 Å². The maximum atomic E-state index is 11.3. The molecule has 0 aliphatic carbocycles. The van der Waals surface area contributed by atoms with Gasteiger partial charge in [0.05, 0.1) is 0 Å². The third-order valence-corrected chi connectivity index (χ3v) is 2.68. The second kappa shape index (κ2) is 7.71. The number of hydrogen-bond donors (Lipinski definition) is 2. The average molecular weight is 249 g/mol. The number of rotatable bonds is 6. The Kier molecular flexibility index (Phi) is 6.22. The van der Waals surface area contributed by atoms with Gasteiger partial charge >= 0.3 is 6.03 Å². The van der Waals surface area contributed by atoms with E-state index in [9.17, 15) is 4.79 Å². The monoisotopic (exact) mass is 249 g/mol. The van der Waals surface area contributed by atoms with Crippen molar-refractivity contribution in [1.82, 2.24) is 15.5 Å². The normalized spacial score (nSPS) is 11.9. The molecule has 0 heterocycles. The summed E-state index contributed by atoms with van der Waals surface area (Å²) in [6, 6.07) is 10.8. The van der Waals surface area contributed by atoms with Crippen LogP contribution >= 0.6 is 0 Å². The van der Waals surface area contributed by atoms with Crippen molar-refractivity contribution in [2.24, 2.45) is 0 Å². The maximum Gasteiger partial charge on any atom is 0.316 e. The molecule has 1 unspecified atom stereocenters. The third-order valence-electron chi connectivity index (χ3n) is 2.68. The topological polar surface area (TPSA) is 44.4 Å². The lowest BCUT2D eigenvalue weighted by atomic mass is 10.1. The predicted octanol–water partition coefficient (Wildman–Crippen LogP) is 1.48. The van der Waals surface area contributed by atoms with Gasteiger partial charge in [0, 0.05) is 33.2 Å². The van der Waals surface area contributed by atoms with E-state index >= 15 is 0 Å². The number of amides is 2. The molecule has 0 saturated carbocycles. The zero-order chi connectivity index (χ0) is 13.4. The zero-order valence-electron chi connectivity index (χ0n) is 11.4. The molecule has 0 fully saturated rings. The molecule has 1 rings (SSSR count). The van der Waals surface area contributed by atoms with Gasteiger partial charge in [0.1, 0.15) is 0 Å². The van der Waals surface area contributed by atoms with Gasteiger partial charge in [-0.2, -0.15) is 0 Å². The van der Waals surface area contributed by atoms with Crippen molar-refractivity contribution < 1.29 is 4.79 Å². The summed E-state index contributed by atoms with van der Waals surface area (Å²) in [4.78, 5) is 12.8. The quantitative estimate of drug-likeness (QED) is 0.750. The van der Waals surface area contributed by atoms with E-state index in [0.717, 1.165) is 13.0 Å². The molecule has 0 aromatic heterocycles. The summed E-state index contributed by atoms with van der Waals surface area (Å²) in [5, 5.41) is 6.22. The van der Waals surface area contributed by atoms with Crippen molar-refractivity contribution in [2.75, 3.05) is 27.2 Å². The van der Waals surface area contributed by atoms with Crippen LogP contribution in [0.5, 0.6) is 0 Å². The van der Waals surface area contributed by atoms with E-state index in [2.05, 4.69) is 41.8 Å². The first-order valence-electron chi connectivity index (χ1n) is 6.32. The highest BCUT2D eigenvalue weighted by Gasteiger charge is 2.04. The zero-order valence-corrected chi connectivity index (χ0v) is 11.4. The molecular formula is C14H23N3O. The molecule has 4 heteroatoms. The number of nitrogens with one attached hydrogen (secondary N) is 2. The number of hydrogen-bond acceptors (Lipinski definition) is 2. The summed E-state index contributed by atoms with van der Waals surface area (Å²) in [5.41, 5.74) is 1.33. The first kappa shape index (κ1) is 14.5. The fourth-order valence-electron chi connectivity index (χ4n) is 1.69. The molecule has 1 aromatic carbocycles. The highest BCUT2D eigenvalue weighted by Crippen LogP contribution is 2.02. The molecule has 2 N–H and O–H groups in total. The van der Waals surface area contributed by atoms with E-state index < -0.39 is 0 Å². The van der Waals surface area contributed by atoms with Gasteiger partial charge < -0.3 is 15.5 Å². The molecule has 1 atom stereocenters. The summed E-state index contributed by atoms with van der Waals surface area (Å²) in [6.45, 7) is 3.59. The summed E-state index contributed by atoms with van der Waals surface area (Å²) in [6.07, 6.45) is 1.00. The van der Waals surface area contributed by atoms with E-state index in [4.69, 9.17) is 0 Å². The third kappa shape index (κ3) is 5.68. The van der Waals surface area contributed by atoms with Gasteiger partial charge in [0.25, 0.3) is 0 Å². The Morgan fingerprint density at radius 3 is 2.50 bits per heavy atom. The van der Waals surface area contributed by atoms with Crippen molar-refractivity contribution in [3.05, 3.63) is 35.9 Å². The second-order valence-electron chi connectivity index (χ2n) is 4.67. The van der Waals surface area contributed by atoms with Crippen molar-refractivity contribution >= 4 is 6.03 Å². The first-order chi connectivity index (χ1) is 8.59. The smallest absolute Gasteiger partial charge is 0.316 e. The number of carbonyl (C=O) groups is 1. The Labute approximate surface area is 109 Å². The summed E-state index contributed by atoms with van der Waals surface area (Å²) < 4.78 is 0. The SMILES string of the molecule is CC(Cc1ccccc1)NCCNC(=O)N(C)C. The average Bonchev–Trinajstić information content (AvgIpc) is 2.35. The molecule has 0 aliphatic heterocycles. The van der Waals surface area contributed by atoms with Gasteiger partial charge in [-0.15, -0.1) is 0 Å². The van der Waals surface area contributed by atoms with Crippen LogP contribution in [-0.2, 0) is 6.42 Å². The van der Waals surface area contributed by atoms with E-state index in [1.807, 2.05) is 6.07 Å². The van der Waals surface area contributed by atoms with Crippen molar-refractivity contribution in [3.8, 4) is 0 Å². The van der Waals surface area contributed by atoms with Gasteiger partial charge in [-0.05, 0) is 18.9 Å². The molecule has 0 spiro atoms. The Morgan fingerprint density at radius 2 is 1.89 bits per heavy atom. The summed E-state index contributed by atoms with van der Waals surface area (Å²) in [5.74, 6) is 0. The Hall–Kier alpha value is -1.55. The Balaban J connectivity index is 2.14. The maximum absolute atomic E-state index is 11.3. The van der Waals surface area contributed by atoms with E-state index in [1.165, 1.54) is 10.5 Å². The Bertz CT molecular complexity index is 351. The molecule has 0 radical (unpaired) electrons. The summed E-state index contributed by atoms with van der Waals surface area (Å²) in [7, 11) is 3.47. The molecule has 0 aliphatic rings. The fourth-order valence-corrected chi connectivity index (χ4v) is 1.69. The molecular weight excluding hydrogens is 226 g/mol. The van der Waals surface area contributed by atoms with Crippen molar-refractivity contribution in [2.45, 2.75) is 19.4 Å². The lowest BCUT2D eigenvalue weighted by Gasteiger charge is -2.15. The van der Waals surface area contributed by atoms with Gasteiger partial charge in [-0.25, -0.2) is 4.79 Å². The molecule has 18 heavy (non-hydrogen) atoms. The van der Waals surface area contributed by atoms with Gasteiger partial charge in [0.2, 0.25) is 0 Å². The van der Waals surface area contributed by atoms with Crippen LogP contribution in [0.2, 0.25) is 0 Å². The minimum absolute atomic E-state index is 0.0486. The van der Waals surface area contributed by atoms with Crippen LogP contribution in [0, 0.1) is 0 Å². The minimum atomic E-state index is -0.0486. The number of urea groups is 1. The van der Waals surface area contributed by atoms with Crippen LogP contribution in [0.15, 0.2) is 30.3 Å². The van der Waals surface area contributed by atoms with Crippen LogP contribution in [-0.4, -0.2) is 44.2 Å². The number of benzene rings is 1. The van der Waals surface area contributed by atoms with Gasteiger partial charge in [-0.3, -0.25) is 0 Å². The Morgan fingerprint density at radius 1 is 1.22 bits per heavy atom. The van der Waals surface area contributed by atoms with Crippen molar-refractivity contribution in [3.63, 3.8) is 0 Å². The summed E-state index contributed by atoms with van der Waals surface area (Å²) >= 11 is 0. The van der Waals surface area contributed by atoms with Crippen LogP contribution in [0.3, 0.4) is 0 Å². The molecule has 2 amide bonds. The van der Waals surface area contributed by atoms with Crippen molar-refractivity contribution in [1.29, 1.82) is 0 Å². The van der Waals surface area contributed by atoms with Crippen LogP contribution in [0.4, 0.5) is 4.79 Å². The van der Waals surface area contributed by atoms with E-state index in [-0.39, 0.29) is 6.03 Å². The molecule has 4 nitrogen and oxygen atoms in total. The number of carbonyl (C=O) groups excluding carboxylic acids is 1. The van der Waals surface area contributed by atoms with Gasteiger partial charge in [-0.1, -0.05) is 30.3 Å². The highest BCUT2D eigenvalue weighted by molar-refractivity contribution is 5.73. The second-order valence-corrected chi connectivity index (χ2v) is 4.67. The first-order valence-corrected chi connectivity index (χ1v) is 6.32. The minimum Gasteiger partial charge on any atom is -0.337 e. The predicted molar refractivity (Wildman–Crippen MR) is 74.7 cm³/mol. The van der Waals surface area contributed by atoms with E-state index in [1.54, 1.807) is 14.1 Å². The fraction of sp³-hybridized carbons (Fsp3) is 0.500. The highest BCUT2D eigenvalue weighted by atomic mass is 16.2. The molecule has 1 aromatic rings. The number of nitrogens with zero attached hydrogens (tertiary/aromatic N) is 1. The molecule has 0 saturated heterocycles. The molecule has 0 bridgehead atoms. The lowest BCUT2D eigenvalue weighted by Crippen LogP contribution is -2.40. The molecule has 100 valence electrons. The largest absolute Gasteiger partial charge is 0.337 e. The van der Waals surface area contributed by atoms with Crippen LogP contribution in [0.25, 0.3) is 0 Å².